The Morgan fingerprint density at radius 2 is 1.19 bits per heavy atom. The van der Waals surface area contributed by atoms with Crippen molar-refractivity contribution in [3.8, 4) is 0 Å². The Kier molecular flexibility index (Phi) is 16.4. The standard InChI is InChI=1S/C16H32Br2O3/c1-3-5-8-19-10-12-21-13-11-20-9-7-16(14-17,15-18)6-4-2/h3-15H2,1-2H3. The molecular weight excluding hydrogens is 400 g/mol. The summed E-state index contributed by atoms with van der Waals surface area (Å²) in [5.74, 6) is 0. The van der Waals surface area contributed by atoms with E-state index in [2.05, 4.69) is 45.7 Å². The molecule has 0 aliphatic rings. The first-order valence-corrected chi connectivity index (χ1v) is 10.3. The second kappa shape index (κ2) is 15.7. The lowest BCUT2D eigenvalue weighted by Crippen LogP contribution is -2.27. The molecule has 0 atom stereocenters. The van der Waals surface area contributed by atoms with Crippen molar-refractivity contribution in [1.82, 2.24) is 0 Å². The monoisotopic (exact) mass is 430 g/mol. The highest BCUT2D eigenvalue weighted by atomic mass is 79.9. The summed E-state index contributed by atoms with van der Waals surface area (Å²) in [4.78, 5) is 0. The SMILES string of the molecule is CCCCOCCOCCOCCC(CBr)(CBr)CCC. The fourth-order valence-electron chi connectivity index (χ4n) is 2.04. The first-order valence-electron chi connectivity index (χ1n) is 8.10. The van der Waals surface area contributed by atoms with Gasteiger partial charge in [0.25, 0.3) is 0 Å². The van der Waals surface area contributed by atoms with Crippen molar-refractivity contribution >= 4 is 31.9 Å². The van der Waals surface area contributed by atoms with Gasteiger partial charge in [-0.1, -0.05) is 58.5 Å². The summed E-state index contributed by atoms with van der Waals surface area (Å²) < 4.78 is 16.6. The van der Waals surface area contributed by atoms with Crippen molar-refractivity contribution in [1.29, 1.82) is 0 Å². The van der Waals surface area contributed by atoms with Gasteiger partial charge < -0.3 is 14.2 Å². The molecule has 0 saturated carbocycles. The van der Waals surface area contributed by atoms with E-state index >= 15 is 0 Å². The lowest BCUT2D eigenvalue weighted by molar-refractivity contribution is 0.00945. The van der Waals surface area contributed by atoms with Crippen molar-refractivity contribution in [2.24, 2.45) is 5.41 Å². The van der Waals surface area contributed by atoms with Crippen LogP contribution in [0.4, 0.5) is 0 Å². The van der Waals surface area contributed by atoms with E-state index in [9.17, 15) is 0 Å². The van der Waals surface area contributed by atoms with Crippen molar-refractivity contribution in [3.63, 3.8) is 0 Å². The summed E-state index contributed by atoms with van der Waals surface area (Å²) in [6.07, 6.45) is 5.81. The topological polar surface area (TPSA) is 27.7 Å². The van der Waals surface area contributed by atoms with Crippen LogP contribution in [0.1, 0.15) is 46.0 Å². The Morgan fingerprint density at radius 1 is 0.667 bits per heavy atom. The molecule has 0 amide bonds. The van der Waals surface area contributed by atoms with E-state index in [1.165, 1.54) is 19.3 Å². The predicted octanol–water partition coefficient (Wildman–Crippen LogP) is 4.80. The molecule has 0 unspecified atom stereocenters. The van der Waals surface area contributed by atoms with E-state index in [0.717, 1.165) is 36.7 Å². The molecule has 0 radical (unpaired) electrons. The van der Waals surface area contributed by atoms with E-state index in [4.69, 9.17) is 14.2 Å². The van der Waals surface area contributed by atoms with Crippen LogP contribution in [0.25, 0.3) is 0 Å². The third-order valence-electron chi connectivity index (χ3n) is 3.51. The van der Waals surface area contributed by atoms with Gasteiger partial charge in [0, 0.05) is 23.9 Å². The first-order chi connectivity index (χ1) is 10.2. The van der Waals surface area contributed by atoms with Crippen LogP contribution in [0, 0.1) is 5.41 Å². The molecule has 21 heavy (non-hydrogen) atoms. The molecule has 0 aliphatic heterocycles. The fraction of sp³-hybridized carbons (Fsp3) is 1.00. The Hall–Kier alpha value is 0.840. The molecule has 0 bridgehead atoms. The summed E-state index contributed by atoms with van der Waals surface area (Å²) in [6.45, 7) is 8.71. The van der Waals surface area contributed by atoms with Gasteiger partial charge >= 0.3 is 0 Å². The summed E-state index contributed by atoms with van der Waals surface area (Å²) in [7, 11) is 0. The van der Waals surface area contributed by atoms with Crippen molar-refractivity contribution in [2.75, 3.05) is 50.3 Å². The highest BCUT2D eigenvalue weighted by Gasteiger charge is 2.26. The third-order valence-corrected chi connectivity index (χ3v) is 5.89. The van der Waals surface area contributed by atoms with Gasteiger partial charge in [0.2, 0.25) is 0 Å². The maximum atomic E-state index is 5.68. The number of hydrogen-bond acceptors (Lipinski definition) is 3. The average molecular weight is 432 g/mol. The van der Waals surface area contributed by atoms with Gasteiger partial charge in [0.1, 0.15) is 0 Å². The van der Waals surface area contributed by atoms with Crippen molar-refractivity contribution < 1.29 is 14.2 Å². The molecule has 128 valence electrons. The van der Waals surface area contributed by atoms with Crippen LogP contribution in [0.3, 0.4) is 0 Å². The smallest absolute Gasteiger partial charge is 0.0701 e. The maximum Gasteiger partial charge on any atom is 0.0701 e. The van der Waals surface area contributed by atoms with Crippen LogP contribution in [-0.4, -0.2) is 50.3 Å². The minimum absolute atomic E-state index is 0.322. The molecule has 0 aromatic rings. The van der Waals surface area contributed by atoms with Gasteiger partial charge in [0.15, 0.2) is 0 Å². The molecular formula is C16H32Br2O3. The number of unbranched alkanes of at least 4 members (excludes halogenated alkanes) is 1. The van der Waals surface area contributed by atoms with Gasteiger partial charge in [-0.25, -0.2) is 0 Å². The van der Waals surface area contributed by atoms with Gasteiger partial charge in [-0.2, -0.15) is 0 Å². The zero-order valence-electron chi connectivity index (χ0n) is 13.7. The summed E-state index contributed by atoms with van der Waals surface area (Å²) in [5.41, 5.74) is 0.322. The minimum atomic E-state index is 0.322. The highest BCUT2D eigenvalue weighted by molar-refractivity contribution is 9.09. The second-order valence-corrected chi connectivity index (χ2v) is 6.58. The number of ether oxygens (including phenoxy) is 3. The number of alkyl halides is 2. The van der Waals surface area contributed by atoms with Gasteiger partial charge in [-0.3, -0.25) is 0 Å². The lowest BCUT2D eigenvalue weighted by Gasteiger charge is -2.29. The molecule has 0 aromatic carbocycles. The molecule has 5 heteroatoms. The zero-order valence-corrected chi connectivity index (χ0v) is 16.8. The van der Waals surface area contributed by atoms with Crippen LogP contribution in [-0.2, 0) is 14.2 Å². The first kappa shape index (κ1) is 21.8. The molecule has 0 saturated heterocycles. The van der Waals surface area contributed by atoms with Crippen LogP contribution in [0.2, 0.25) is 0 Å². The molecule has 0 spiro atoms. The van der Waals surface area contributed by atoms with Gasteiger partial charge in [-0.15, -0.1) is 0 Å². The zero-order chi connectivity index (χ0) is 15.8. The van der Waals surface area contributed by atoms with E-state index in [-0.39, 0.29) is 0 Å². The molecule has 0 aromatic heterocycles. The minimum Gasteiger partial charge on any atom is -0.379 e. The van der Waals surface area contributed by atoms with Crippen LogP contribution < -0.4 is 0 Å². The Labute approximate surface area is 147 Å². The lowest BCUT2D eigenvalue weighted by atomic mass is 9.85. The third kappa shape index (κ3) is 12.0. The largest absolute Gasteiger partial charge is 0.379 e. The fourth-order valence-corrected chi connectivity index (χ4v) is 4.09. The Morgan fingerprint density at radius 3 is 1.67 bits per heavy atom. The van der Waals surface area contributed by atoms with Crippen LogP contribution in [0.5, 0.6) is 0 Å². The summed E-state index contributed by atoms with van der Waals surface area (Å²) in [6, 6.07) is 0. The highest BCUT2D eigenvalue weighted by Crippen LogP contribution is 2.32. The number of hydrogen-bond donors (Lipinski definition) is 0. The molecule has 0 fully saturated rings. The van der Waals surface area contributed by atoms with Crippen molar-refractivity contribution in [2.45, 2.75) is 46.0 Å². The molecule has 0 heterocycles. The van der Waals surface area contributed by atoms with Crippen LogP contribution >= 0.6 is 31.9 Å². The van der Waals surface area contributed by atoms with Crippen molar-refractivity contribution in [3.05, 3.63) is 0 Å². The number of rotatable bonds is 16. The van der Waals surface area contributed by atoms with Gasteiger partial charge in [-0.05, 0) is 24.7 Å². The van der Waals surface area contributed by atoms with E-state index in [1.54, 1.807) is 0 Å². The van der Waals surface area contributed by atoms with Crippen LogP contribution in [0.15, 0.2) is 0 Å². The van der Waals surface area contributed by atoms with Gasteiger partial charge in [0.05, 0.1) is 26.4 Å². The maximum absolute atomic E-state index is 5.68. The molecule has 0 aliphatic carbocycles. The van der Waals surface area contributed by atoms with E-state index in [0.29, 0.717) is 31.8 Å². The quantitative estimate of drug-likeness (QED) is 0.259. The predicted molar refractivity (Wildman–Crippen MR) is 96.9 cm³/mol. The summed E-state index contributed by atoms with van der Waals surface area (Å²) >= 11 is 7.28. The second-order valence-electron chi connectivity index (χ2n) is 5.46. The normalized spacial score (nSPS) is 12.0. The molecule has 0 N–H and O–H groups in total. The molecule has 0 rings (SSSR count). The average Bonchev–Trinajstić information content (AvgIpc) is 2.51. The number of halogens is 2. The molecule has 3 nitrogen and oxygen atoms in total. The Balaban J connectivity index is 3.42. The Bertz CT molecular complexity index is 212. The van der Waals surface area contributed by atoms with E-state index in [1.807, 2.05) is 0 Å². The van der Waals surface area contributed by atoms with E-state index < -0.39 is 0 Å². The summed E-state index contributed by atoms with van der Waals surface area (Å²) in [5, 5.41) is 2.04.